The van der Waals surface area contributed by atoms with Gasteiger partial charge in [-0.25, -0.2) is 4.99 Å². The summed E-state index contributed by atoms with van der Waals surface area (Å²) in [6.07, 6.45) is 3.78. The maximum atomic E-state index is 4.71. The maximum absolute atomic E-state index is 4.71. The highest BCUT2D eigenvalue weighted by Gasteiger charge is 2.21. The van der Waals surface area contributed by atoms with Crippen LogP contribution in [0.25, 0.3) is 0 Å². The first kappa shape index (κ1) is 10.5. The number of halogens is 1. The highest BCUT2D eigenvalue weighted by Crippen LogP contribution is 2.28. The number of para-hydroxylation sites is 1. The molecule has 0 atom stereocenters. The average molecular weight is 223 g/mol. The third-order valence-electron chi connectivity index (χ3n) is 3.05. The van der Waals surface area contributed by atoms with Crippen molar-refractivity contribution in [1.82, 2.24) is 4.90 Å². The molecule has 0 amide bonds. The van der Waals surface area contributed by atoms with Gasteiger partial charge in [0.15, 0.2) is 0 Å². The molecule has 2 nitrogen and oxygen atoms in total. The van der Waals surface area contributed by atoms with Crippen molar-refractivity contribution in [2.24, 2.45) is 4.99 Å². The van der Waals surface area contributed by atoms with Gasteiger partial charge in [0.25, 0.3) is 0 Å². The Kier molecular flexibility index (Phi) is 2.96. The van der Waals surface area contributed by atoms with E-state index in [1.54, 1.807) is 0 Å². The Hall–Kier alpha value is -1.02. The van der Waals surface area contributed by atoms with E-state index >= 15 is 0 Å². The molecule has 0 unspecified atom stereocenters. The zero-order valence-electron chi connectivity index (χ0n) is 8.65. The molecule has 1 saturated heterocycles. The van der Waals surface area contributed by atoms with Gasteiger partial charge in [0, 0.05) is 19.5 Å². The van der Waals surface area contributed by atoms with Crippen LogP contribution >= 0.6 is 12.4 Å². The van der Waals surface area contributed by atoms with Gasteiger partial charge in [-0.15, -0.1) is 12.4 Å². The standard InChI is InChI=1S/C12H14N2.ClH/c1-2-6-11-10(5-1)9-14-8-4-3-7-12(14)13-11;/h1-2,5-6H,3-4,7-9H2;1H. The molecule has 2 heterocycles. The lowest BCUT2D eigenvalue weighted by Gasteiger charge is -2.33. The van der Waals surface area contributed by atoms with Gasteiger partial charge >= 0.3 is 0 Å². The molecule has 0 bridgehead atoms. The molecule has 0 spiro atoms. The number of amidine groups is 1. The van der Waals surface area contributed by atoms with Crippen molar-refractivity contribution in [1.29, 1.82) is 0 Å². The molecule has 3 heteroatoms. The van der Waals surface area contributed by atoms with E-state index in [-0.39, 0.29) is 12.4 Å². The second-order valence-electron chi connectivity index (χ2n) is 4.04. The molecule has 0 radical (unpaired) electrons. The Labute approximate surface area is 96.4 Å². The first-order chi connectivity index (χ1) is 6.93. The SMILES string of the molecule is Cl.c1ccc2c(c1)CN1CCCCC1=N2. The van der Waals surface area contributed by atoms with Crippen molar-refractivity contribution in [3.05, 3.63) is 29.8 Å². The Morgan fingerprint density at radius 3 is 2.93 bits per heavy atom. The summed E-state index contributed by atoms with van der Waals surface area (Å²) in [5.74, 6) is 1.30. The molecule has 1 fully saturated rings. The van der Waals surface area contributed by atoms with E-state index in [1.807, 2.05) is 0 Å². The van der Waals surface area contributed by atoms with Gasteiger partial charge in [-0.3, -0.25) is 0 Å². The van der Waals surface area contributed by atoms with E-state index in [4.69, 9.17) is 4.99 Å². The van der Waals surface area contributed by atoms with Gasteiger partial charge in [-0.2, -0.15) is 0 Å². The second-order valence-corrected chi connectivity index (χ2v) is 4.04. The van der Waals surface area contributed by atoms with Gasteiger partial charge < -0.3 is 4.90 Å². The molecule has 1 aromatic carbocycles. The minimum atomic E-state index is 0. The van der Waals surface area contributed by atoms with Crippen LogP contribution in [0, 0.1) is 0 Å². The van der Waals surface area contributed by atoms with E-state index in [9.17, 15) is 0 Å². The van der Waals surface area contributed by atoms with E-state index in [0.29, 0.717) is 0 Å². The van der Waals surface area contributed by atoms with E-state index < -0.39 is 0 Å². The molecule has 15 heavy (non-hydrogen) atoms. The average Bonchev–Trinajstić information content (AvgIpc) is 2.26. The van der Waals surface area contributed by atoms with E-state index in [2.05, 4.69) is 29.2 Å². The van der Waals surface area contributed by atoms with Crippen LogP contribution in [0.4, 0.5) is 5.69 Å². The zero-order chi connectivity index (χ0) is 9.38. The molecule has 1 aromatic rings. The van der Waals surface area contributed by atoms with Crippen molar-refractivity contribution < 1.29 is 0 Å². The molecule has 3 rings (SSSR count). The molecule has 0 aromatic heterocycles. The lowest BCUT2D eigenvalue weighted by atomic mass is 10.0. The van der Waals surface area contributed by atoms with Gasteiger partial charge in [0.1, 0.15) is 5.84 Å². The summed E-state index contributed by atoms with van der Waals surface area (Å²) in [7, 11) is 0. The predicted octanol–water partition coefficient (Wildman–Crippen LogP) is 3.14. The van der Waals surface area contributed by atoms with E-state index in [1.165, 1.54) is 36.5 Å². The molecule has 2 aliphatic rings. The van der Waals surface area contributed by atoms with Crippen LogP contribution < -0.4 is 0 Å². The normalized spacial score (nSPS) is 18.4. The molecule has 0 aliphatic carbocycles. The fourth-order valence-corrected chi connectivity index (χ4v) is 2.27. The number of hydrogen-bond acceptors (Lipinski definition) is 2. The van der Waals surface area contributed by atoms with Gasteiger partial charge in [0.2, 0.25) is 0 Å². The third kappa shape index (κ3) is 1.86. The van der Waals surface area contributed by atoms with Gasteiger partial charge in [-0.1, -0.05) is 18.2 Å². The maximum Gasteiger partial charge on any atom is 0.105 e. The van der Waals surface area contributed by atoms with Crippen LogP contribution in [-0.2, 0) is 6.54 Å². The number of piperidine rings is 1. The largest absolute Gasteiger partial charge is 0.356 e. The number of hydrogen-bond donors (Lipinski definition) is 0. The lowest BCUT2D eigenvalue weighted by molar-refractivity contribution is 0.359. The van der Waals surface area contributed by atoms with Crippen molar-refractivity contribution in [2.45, 2.75) is 25.8 Å². The summed E-state index contributed by atoms with van der Waals surface area (Å²) in [6, 6.07) is 8.48. The first-order valence-corrected chi connectivity index (χ1v) is 5.34. The number of nitrogens with zero attached hydrogens (tertiary/aromatic N) is 2. The van der Waals surface area contributed by atoms with Crippen molar-refractivity contribution >= 4 is 23.9 Å². The van der Waals surface area contributed by atoms with Crippen LogP contribution in [0.1, 0.15) is 24.8 Å². The number of aliphatic imine (C=N–C) groups is 1. The molecule has 0 saturated carbocycles. The van der Waals surface area contributed by atoms with Crippen molar-refractivity contribution in [3.63, 3.8) is 0 Å². The molecular weight excluding hydrogens is 208 g/mol. The predicted molar refractivity (Wildman–Crippen MR) is 65.0 cm³/mol. The molecule has 0 N–H and O–H groups in total. The van der Waals surface area contributed by atoms with Gasteiger partial charge in [0.05, 0.1) is 5.69 Å². The molecular formula is C12H15ClN2. The zero-order valence-corrected chi connectivity index (χ0v) is 9.46. The Morgan fingerprint density at radius 1 is 1.13 bits per heavy atom. The van der Waals surface area contributed by atoms with Crippen molar-refractivity contribution in [3.8, 4) is 0 Å². The quantitative estimate of drug-likeness (QED) is 0.659. The minimum Gasteiger partial charge on any atom is -0.356 e. The number of benzene rings is 1. The van der Waals surface area contributed by atoms with Crippen LogP contribution in [-0.4, -0.2) is 17.3 Å². The van der Waals surface area contributed by atoms with Gasteiger partial charge in [-0.05, 0) is 24.5 Å². The van der Waals surface area contributed by atoms with Crippen LogP contribution in [0.2, 0.25) is 0 Å². The first-order valence-electron chi connectivity index (χ1n) is 5.34. The third-order valence-corrected chi connectivity index (χ3v) is 3.05. The topological polar surface area (TPSA) is 15.6 Å². The van der Waals surface area contributed by atoms with Crippen LogP contribution in [0.15, 0.2) is 29.3 Å². The summed E-state index contributed by atoms with van der Waals surface area (Å²) in [5, 5.41) is 0. The lowest BCUT2D eigenvalue weighted by Crippen LogP contribution is -2.36. The Balaban J connectivity index is 0.000000853. The minimum absolute atomic E-state index is 0. The number of fused-ring (bicyclic) bond motifs is 2. The monoisotopic (exact) mass is 222 g/mol. The second kappa shape index (κ2) is 4.23. The van der Waals surface area contributed by atoms with Crippen LogP contribution in [0.5, 0.6) is 0 Å². The van der Waals surface area contributed by atoms with E-state index in [0.717, 1.165) is 13.0 Å². The summed E-state index contributed by atoms with van der Waals surface area (Å²) in [4.78, 5) is 7.13. The molecule has 2 aliphatic heterocycles. The summed E-state index contributed by atoms with van der Waals surface area (Å²) in [6.45, 7) is 2.25. The highest BCUT2D eigenvalue weighted by atomic mass is 35.5. The Bertz CT molecular complexity index is 387. The summed E-state index contributed by atoms with van der Waals surface area (Å²) < 4.78 is 0. The smallest absolute Gasteiger partial charge is 0.105 e. The fraction of sp³-hybridized carbons (Fsp3) is 0.417. The fourth-order valence-electron chi connectivity index (χ4n) is 2.27. The van der Waals surface area contributed by atoms with Crippen LogP contribution in [0.3, 0.4) is 0 Å². The Morgan fingerprint density at radius 2 is 2.00 bits per heavy atom. The molecule has 80 valence electrons. The highest BCUT2D eigenvalue weighted by molar-refractivity contribution is 5.87. The summed E-state index contributed by atoms with van der Waals surface area (Å²) in [5.41, 5.74) is 2.55. The van der Waals surface area contributed by atoms with Crippen molar-refractivity contribution in [2.75, 3.05) is 6.54 Å². The number of rotatable bonds is 0. The summed E-state index contributed by atoms with van der Waals surface area (Å²) >= 11 is 0.